The Balaban J connectivity index is 2.14. The van der Waals surface area contributed by atoms with Gasteiger partial charge in [0.2, 0.25) is 0 Å². The molecule has 0 bridgehead atoms. The van der Waals surface area contributed by atoms with Crippen LogP contribution in [0.25, 0.3) is 0 Å². The Kier molecular flexibility index (Phi) is 3.90. The molecular weight excluding hydrogens is 246 g/mol. The fourth-order valence-corrected chi connectivity index (χ4v) is 2.38. The van der Waals surface area contributed by atoms with E-state index in [0.717, 1.165) is 43.9 Å². The first-order valence-electron chi connectivity index (χ1n) is 6.06. The standard InChI is InChI=1S/C13H15F4N/c14-12-7-3-6-11(13(15,16)17)10(12)8-18-9-4-1-2-5-9/h3,6-7,9,18H,1-2,4-5,8H2. The smallest absolute Gasteiger partial charge is 0.310 e. The van der Waals surface area contributed by atoms with Gasteiger partial charge in [-0.25, -0.2) is 4.39 Å². The van der Waals surface area contributed by atoms with Crippen molar-refractivity contribution in [2.45, 2.75) is 44.4 Å². The number of nitrogens with one attached hydrogen (secondary N) is 1. The van der Waals surface area contributed by atoms with Gasteiger partial charge in [-0.15, -0.1) is 0 Å². The molecule has 1 aromatic carbocycles. The molecule has 0 atom stereocenters. The van der Waals surface area contributed by atoms with Gasteiger partial charge < -0.3 is 5.32 Å². The largest absolute Gasteiger partial charge is 0.416 e. The summed E-state index contributed by atoms with van der Waals surface area (Å²) in [6.07, 6.45) is -0.428. The van der Waals surface area contributed by atoms with Gasteiger partial charge in [0.25, 0.3) is 0 Å². The molecule has 1 N–H and O–H groups in total. The van der Waals surface area contributed by atoms with Crippen LogP contribution >= 0.6 is 0 Å². The number of alkyl halides is 3. The molecule has 1 aromatic rings. The van der Waals surface area contributed by atoms with E-state index in [-0.39, 0.29) is 18.2 Å². The van der Waals surface area contributed by atoms with Gasteiger partial charge in [0.1, 0.15) is 5.82 Å². The van der Waals surface area contributed by atoms with Crippen LogP contribution in [0.1, 0.15) is 36.8 Å². The lowest BCUT2D eigenvalue weighted by atomic mass is 10.1. The molecule has 0 amide bonds. The molecule has 1 aliphatic rings. The zero-order valence-corrected chi connectivity index (χ0v) is 9.86. The molecule has 5 heteroatoms. The predicted octanol–water partition coefficient (Wildman–Crippen LogP) is 3.88. The molecule has 1 saturated carbocycles. The van der Waals surface area contributed by atoms with Crippen molar-refractivity contribution in [3.63, 3.8) is 0 Å². The molecule has 0 spiro atoms. The summed E-state index contributed by atoms with van der Waals surface area (Å²) in [7, 11) is 0. The first kappa shape index (κ1) is 13.3. The molecule has 18 heavy (non-hydrogen) atoms. The highest BCUT2D eigenvalue weighted by Gasteiger charge is 2.34. The van der Waals surface area contributed by atoms with Crippen LogP contribution in [0.5, 0.6) is 0 Å². The van der Waals surface area contributed by atoms with Gasteiger partial charge >= 0.3 is 6.18 Å². The van der Waals surface area contributed by atoms with Gasteiger partial charge in [-0.3, -0.25) is 0 Å². The second-order valence-corrected chi connectivity index (χ2v) is 4.63. The first-order chi connectivity index (χ1) is 8.48. The maximum Gasteiger partial charge on any atom is 0.416 e. The number of benzene rings is 1. The van der Waals surface area contributed by atoms with Crippen molar-refractivity contribution < 1.29 is 17.6 Å². The Bertz CT molecular complexity index is 408. The van der Waals surface area contributed by atoms with Crippen molar-refractivity contribution in [2.75, 3.05) is 0 Å². The lowest BCUT2D eigenvalue weighted by Crippen LogP contribution is -2.27. The highest BCUT2D eigenvalue weighted by atomic mass is 19.4. The highest BCUT2D eigenvalue weighted by molar-refractivity contribution is 5.31. The summed E-state index contributed by atoms with van der Waals surface area (Å²) < 4.78 is 51.7. The number of halogens is 4. The van der Waals surface area contributed by atoms with Crippen LogP contribution in [-0.2, 0) is 12.7 Å². The van der Waals surface area contributed by atoms with E-state index in [4.69, 9.17) is 0 Å². The van der Waals surface area contributed by atoms with E-state index in [0.29, 0.717) is 0 Å². The molecule has 1 fully saturated rings. The second kappa shape index (κ2) is 5.26. The van der Waals surface area contributed by atoms with Crippen LogP contribution < -0.4 is 5.32 Å². The molecule has 100 valence electrons. The summed E-state index contributed by atoms with van der Waals surface area (Å²) >= 11 is 0. The molecule has 2 rings (SSSR count). The summed E-state index contributed by atoms with van der Waals surface area (Å²) in [5.74, 6) is -0.796. The van der Waals surface area contributed by atoms with Crippen molar-refractivity contribution in [3.05, 3.63) is 35.1 Å². The van der Waals surface area contributed by atoms with Crippen LogP contribution in [0.2, 0.25) is 0 Å². The third kappa shape index (κ3) is 3.02. The van der Waals surface area contributed by atoms with Gasteiger partial charge in [0.15, 0.2) is 0 Å². The van der Waals surface area contributed by atoms with E-state index in [9.17, 15) is 17.6 Å². The normalized spacial score (nSPS) is 17.3. The average Bonchev–Trinajstić information content (AvgIpc) is 2.78. The Morgan fingerprint density at radius 3 is 2.44 bits per heavy atom. The summed E-state index contributed by atoms with van der Waals surface area (Å²) in [5.41, 5.74) is -1.16. The maximum atomic E-state index is 13.5. The third-order valence-corrected chi connectivity index (χ3v) is 3.35. The van der Waals surface area contributed by atoms with Crippen molar-refractivity contribution in [1.29, 1.82) is 0 Å². The summed E-state index contributed by atoms with van der Waals surface area (Å²) in [6.45, 7) is -0.0633. The molecule has 1 nitrogen and oxygen atoms in total. The lowest BCUT2D eigenvalue weighted by Gasteiger charge is -2.16. The van der Waals surface area contributed by atoms with Gasteiger partial charge in [-0.2, -0.15) is 13.2 Å². The van der Waals surface area contributed by atoms with Crippen molar-refractivity contribution in [1.82, 2.24) is 5.32 Å². The van der Waals surface area contributed by atoms with Crippen molar-refractivity contribution >= 4 is 0 Å². The third-order valence-electron chi connectivity index (χ3n) is 3.35. The SMILES string of the molecule is Fc1cccc(C(F)(F)F)c1CNC1CCCC1. The fraction of sp³-hybridized carbons (Fsp3) is 0.538. The minimum absolute atomic E-state index is 0.0633. The van der Waals surface area contributed by atoms with Crippen LogP contribution in [0.4, 0.5) is 17.6 Å². The Hall–Kier alpha value is -1.10. The van der Waals surface area contributed by atoms with E-state index in [1.54, 1.807) is 0 Å². The van der Waals surface area contributed by atoms with Gasteiger partial charge in [-0.05, 0) is 25.0 Å². The van der Waals surface area contributed by atoms with Crippen LogP contribution in [0.15, 0.2) is 18.2 Å². The maximum absolute atomic E-state index is 13.5. The van der Waals surface area contributed by atoms with E-state index < -0.39 is 17.6 Å². The first-order valence-corrected chi connectivity index (χ1v) is 6.06. The Labute approximate surface area is 103 Å². The van der Waals surface area contributed by atoms with Gasteiger partial charge in [0.05, 0.1) is 5.56 Å². The topological polar surface area (TPSA) is 12.0 Å². The highest BCUT2D eigenvalue weighted by Crippen LogP contribution is 2.33. The summed E-state index contributed by atoms with van der Waals surface area (Å²) in [6, 6.07) is 3.30. The van der Waals surface area contributed by atoms with Crippen molar-refractivity contribution in [2.24, 2.45) is 0 Å². The minimum Gasteiger partial charge on any atom is -0.310 e. The quantitative estimate of drug-likeness (QED) is 0.814. The van der Waals surface area contributed by atoms with E-state index in [1.165, 1.54) is 0 Å². The lowest BCUT2D eigenvalue weighted by molar-refractivity contribution is -0.138. The summed E-state index contributed by atoms with van der Waals surface area (Å²) in [5, 5.41) is 3.01. The zero-order chi connectivity index (χ0) is 13.2. The van der Waals surface area contributed by atoms with Crippen LogP contribution in [-0.4, -0.2) is 6.04 Å². The average molecular weight is 261 g/mol. The molecule has 0 aliphatic heterocycles. The number of hydrogen-bond donors (Lipinski definition) is 1. The summed E-state index contributed by atoms with van der Waals surface area (Å²) in [4.78, 5) is 0. The molecule has 0 unspecified atom stereocenters. The van der Waals surface area contributed by atoms with Gasteiger partial charge in [-0.1, -0.05) is 18.9 Å². The minimum atomic E-state index is -4.51. The fourth-order valence-electron chi connectivity index (χ4n) is 2.38. The Morgan fingerprint density at radius 1 is 1.17 bits per heavy atom. The number of hydrogen-bond acceptors (Lipinski definition) is 1. The van der Waals surface area contributed by atoms with Crippen molar-refractivity contribution in [3.8, 4) is 0 Å². The predicted molar refractivity (Wildman–Crippen MR) is 60.5 cm³/mol. The monoisotopic (exact) mass is 261 g/mol. The number of rotatable bonds is 3. The van der Waals surface area contributed by atoms with E-state index >= 15 is 0 Å². The van der Waals surface area contributed by atoms with E-state index in [2.05, 4.69) is 5.32 Å². The Morgan fingerprint density at radius 2 is 1.83 bits per heavy atom. The second-order valence-electron chi connectivity index (χ2n) is 4.63. The molecule has 0 heterocycles. The van der Waals surface area contributed by atoms with Gasteiger partial charge in [0, 0.05) is 18.2 Å². The zero-order valence-electron chi connectivity index (χ0n) is 9.86. The molecule has 1 aliphatic carbocycles. The van der Waals surface area contributed by atoms with E-state index in [1.807, 2.05) is 0 Å². The van der Waals surface area contributed by atoms with Crippen LogP contribution in [0.3, 0.4) is 0 Å². The molecule has 0 saturated heterocycles. The molecular formula is C13H15F4N. The van der Waals surface area contributed by atoms with Crippen LogP contribution in [0, 0.1) is 5.82 Å². The molecule has 0 aromatic heterocycles. The molecule has 0 radical (unpaired) electrons.